The van der Waals surface area contributed by atoms with Crippen LogP contribution in [0.1, 0.15) is 206 Å². The quantitative estimate of drug-likeness (QED) is 0.0382. The predicted octanol–water partition coefficient (Wildman–Crippen LogP) is 15.5. The number of hydrogen-bond acceptors (Lipinski definition) is 4. The van der Waals surface area contributed by atoms with Gasteiger partial charge in [0.2, 0.25) is 0 Å². The Morgan fingerprint density at radius 3 is 1.24 bits per heavy atom. The van der Waals surface area contributed by atoms with Crippen LogP contribution in [0.25, 0.3) is 0 Å². The minimum absolute atomic E-state index is 0.185. The molecule has 0 radical (unpaired) electrons. The molecule has 1 unspecified atom stereocenters. The van der Waals surface area contributed by atoms with E-state index >= 15 is 0 Å². The molecule has 55 heavy (non-hydrogen) atoms. The van der Waals surface area contributed by atoms with Gasteiger partial charge in [-0.15, -0.1) is 0 Å². The van der Waals surface area contributed by atoms with E-state index in [1.165, 1.54) is 116 Å². The van der Waals surface area contributed by atoms with Crippen LogP contribution in [-0.2, 0) is 14.3 Å². The molecule has 0 aliphatic rings. The van der Waals surface area contributed by atoms with Crippen molar-refractivity contribution >= 4 is 5.97 Å². The van der Waals surface area contributed by atoms with E-state index in [9.17, 15) is 9.90 Å². The number of rotatable bonds is 42. The molecule has 0 spiro atoms. The van der Waals surface area contributed by atoms with Crippen LogP contribution in [0.15, 0.2) is 85.1 Å². The smallest absolute Gasteiger partial charge is 0.306 e. The Morgan fingerprint density at radius 1 is 0.455 bits per heavy atom. The van der Waals surface area contributed by atoms with Crippen molar-refractivity contribution in [2.75, 3.05) is 19.8 Å². The summed E-state index contributed by atoms with van der Waals surface area (Å²) in [5, 5.41) is 9.63. The van der Waals surface area contributed by atoms with Gasteiger partial charge >= 0.3 is 5.97 Å². The average Bonchev–Trinajstić information content (AvgIpc) is 3.19. The second-order valence-corrected chi connectivity index (χ2v) is 15.1. The van der Waals surface area contributed by atoms with Crippen molar-refractivity contribution in [3.8, 4) is 0 Å². The van der Waals surface area contributed by atoms with Gasteiger partial charge in [-0.3, -0.25) is 4.79 Å². The summed E-state index contributed by atoms with van der Waals surface area (Å²) in [5.41, 5.74) is 0. The first kappa shape index (κ1) is 52.6. The van der Waals surface area contributed by atoms with Crippen LogP contribution in [-0.4, -0.2) is 37.0 Å². The standard InChI is InChI=1S/C51H88O4/c1-3-5-7-9-11-13-15-17-19-21-23-25-27-29-31-33-35-37-39-41-43-45-47-54-49-50(48-52)55-51(53)46-44-42-40-38-36-34-32-30-28-26-24-22-20-18-16-14-12-10-8-6-4-2/h6,8,12,14-15,17-18,20-21,23-24,26,30,32,50,52H,3-5,7,9-11,13,16,19,22,25,27-29,31,33-49H2,1-2H3/b8-6-,14-12-,17-15-,20-18-,23-21-,26-24-,32-30-. The molecule has 0 amide bonds. The van der Waals surface area contributed by atoms with Crippen molar-refractivity contribution in [2.45, 2.75) is 213 Å². The van der Waals surface area contributed by atoms with Gasteiger partial charge in [-0.2, -0.15) is 0 Å². The normalized spacial score (nSPS) is 13.1. The number of allylic oxidation sites excluding steroid dienone is 14. The van der Waals surface area contributed by atoms with E-state index in [0.717, 1.165) is 70.6 Å². The second kappa shape index (κ2) is 47.7. The molecular formula is C51H88O4. The van der Waals surface area contributed by atoms with Gasteiger partial charge in [0.15, 0.2) is 0 Å². The van der Waals surface area contributed by atoms with Crippen molar-refractivity contribution < 1.29 is 19.4 Å². The summed E-state index contributed by atoms with van der Waals surface area (Å²) >= 11 is 0. The molecule has 4 nitrogen and oxygen atoms in total. The maximum absolute atomic E-state index is 12.2. The second-order valence-electron chi connectivity index (χ2n) is 15.1. The van der Waals surface area contributed by atoms with Crippen LogP contribution in [0.5, 0.6) is 0 Å². The van der Waals surface area contributed by atoms with Crippen molar-refractivity contribution in [3.05, 3.63) is 85.1 Å². The van der Waals surface area contributed by atoms with Gasteiger partial charge in [-0.25, -0.2) is 0 Å². The molecule has 0 bridgehead atoms. The molecule has 316 valence electrons. The summed E-state index contributed by atoms with van der Waals surface area (Å²) in [5.74, 6) is -0.222. The van der Waals surface area contributed by atoms with Crippen molar-refractivity contribution in [1.82, 2.24) is 0 Å². The summed E-state index contributed by atoms with van der Waals surface area (Å²) in [6.45, 7) is 5.19. The first-order chi connectivity index (χ1) is 27.2. The van der Waals surface area contributed by atoms with E-state index in [1.807, 2.05) is 0 Å². The molecule has 0 aliphatic carbocycles. The Kier molecular flexibility index (Phi) is 45.6. The first-order valence-electron chi connectivity index (χ1n) is 23.2. The van der Waals surface area contributed by atoms with Gasteiger partial charge in [0, 0.05) is 13.0 Å². The van der Waals surface area contributed by atoms with Gasteiger partial charge in [-0.1, -0.05) is 195 Å². The topological polar surface area (TPSA) is 55.8 Å². The molecule has 0 fully saturated rings. The summed E-state index contributed by atoms with van der Waals surface area (Å²) in [4.78, 5) is 12.2. The Hall–Kier alpha value is -2.43. The number of esters is 1. The summed E-state index contributed by atoms with van der Waals surface area (Å²) in [6, 6.07) is 0. The summed E-state index contributed by atoms with van der Waals surface area (Å²) < 4.78 is 11.2. The Bertz CT molecular complexity index is 985. The molecule has 0 aromatic heterocycles. The zero-order valence-corrected chi connectivity index (χ0v) is 36.2. The lowest BCUT2D eigenvalue weighted by Gasteiger charge is -2.15. The SMILES string of the molecule is CC/C=C\C/C=C\C/C=C\C/C=C\C/C=C\CCCCCCCC(=O)OC(CO)COCCCCCCCCCCCC/C=C\C/C=C\CCCCCCC. The van der Waals surface area contributed by atoms with Gasteiger partial charge < -0.3 is 14.6 Å². The van der Waals surface area contributed by atoms with Gasteiger partial charge in [0.1, 0.15) is 6.10 Å². The molecule has 0 saturated heterocycles. The zero-order valence-electron chi connectivity index (χ0n) is 36.2. The zero-order chi connectivity index (χ0) is 39.8. The van der Waals surface area contributed by atoms with Crippen molar-refractivity contribution in [2.24, 2.45) is 0 Å². The molecule has 1 atom stereocenters. The Labute approximate surface area is 341 Å². The molecule has 0 heterocycles. The van der Waals surface area contributed by atoms with Crippen LogP contribution in [0, 0.1) is 0 Å². The number of aliphatic hydroxyl groups is 1. The Balaban J connectivity index is 3.50. The summed E-state index contributed by atoms with van der Waals surface area (Å²) in [7, 11) is 0. The highest BCUT2D eigenvalue weighted by molar-refractivity contribution is 5.69. The van der Waals surface area contributed by atoms with Crippen LogP contribution in [0.4, 0.5) is 0 Å². The minimum Gasteiger partial charge on any atom is -0.457 e. The maximum atomic E-state index is 12.2. The lowest BCUT2D eigenvalue weighted by atomic mass is 10.1. The largest absolute Gasteiger partial charge is 0.457 e. The molecule has 0 aromatic carbocycles. The van der Waals surface area contributed by atoms with Crippen LogP contribution >= 0.6 is 0 Å². The number of carbonyl (C=O) groups is 1. The minimum atomic E-state index is -0.552. The lowest BCUT2D eigenvalue weighted by Crippen LogP contribution is -2.27. The highest BCUT2D eigenvalue weighted by atomic mass is 16.6. The maximum Gasteiger partial charge on any atom is 0.306 e. The third kappa shape index (κ3) is 45.9. The molecule has 1 N–H and O–H groups in total. The number of aliphatic hydroxyl groups excluding tert-OH is 1. The lowest BCUT2D eigenvalue weighted by molar-refractivity contribution is -0.154. The predicted molar refractivity (Wildman–Crippen MR) is 242 cm³/mol. The highest BCUT2D eigenvalue weighted by Gasteiger charge is 2.13. The van der Waals surface area contributed by atoms with Crippen molar-refractivity contribution in [1.29, 1.82) is 0 Å². The molecular weight excluding hydrogens is 677 g/mol. The van der Waals surface area contributed by atoms with E-state index in [1.54, 1.807) is 0 Å². The van der Waals surface area contributed by atoms with Gasteiger partial charge in [-0.05, 0) is 89.9 Å². The van der Waals surface area contributed by atoms with Crippen LogP contribution < -0.4 is 0 Å². The summed E-state index contributed by atoms with van der Waals surface area (Å²) in [6.07, 6.45) is 66.5. The molecule has 0 rings (SSSR count). The monoisotopic (exact) mass is 765 g/mol. The highest BCUT2D eigenvalue weighted by Crippen LogP contribution is 2.13. The van der Waals surface area contributed by atoms with E-state index in [4.69, 9.17) is 9.47 Å². The first-order valence-corrected chi connectivity index (χ1v) is 23.2. The molecule has 0 saturated carbocycles. The number of unbranched alkanes of at least 4 members (excludes halogenated alkanes) is 20. The number of carbonyl (C=O) groups excluding carboxylic acids is 1. The Morgan fingerprint density at radius 2 is 0.818 bits per heavy atom. The van der Waals surface area contributed by atoms with E-state index in [-0.39, 0.29) is 19.2 Å². The van der Waals surface area contributed by atoms with E-state index < -0.39 is 6.10 Å². The fraction of sp³-hybridized carbons (Fsp3) is 0.706. The van der Waals surface area contributed by atoms with Gasteiger partial charge in [0.25, 0.3) is 0 Å². The molecule has 0 aliphatic heterocycles. The number of hydrogen-bond donors (Lipinski definition) is 1. The van der Waals surface area contributed by atoms with Crippen molar-refractivity contribution in [3.63, 3.8) is 0 Å². The molecule has 4 heteroatoms. The van der Waals surface area contributed by atoms with Crippen LogP contribution in [0.2, 0.25) is 0 Å². The number of ether oxygens (including phenoxy) is 2. The van der Waals surface area contributed by atoms with Crippen LogP contribution in [0.3, 0.4) is 0 Å². The average molecular weight is 765 g/mol. The third-order valence-electron chi connectivity index (χ3n) is 9.70. The fourth-order valence-electron chi connectivity index (χ4n) is 6.27. The van der Waals surface area contributed by atoms with Gasteiger partial charge in [0.05, 0.1) is 13.2 Å². The third-order valence-corrected chi connectivity index (χ3v) is 9.70. The fourth-order valence-corrected chi connectivity index (χ4v) is 6.27. The van der Waals surface area contributed by atoms with E-state index in [0.29, 0.717) is 13.0 Å². The van der Waals surface area contributed by atoms with E-state index in [2.05, 4.69) is 98.9 Å². The molecule has 0 aromatic rings.